The zero-order chi connectivity index (χ0) is 26.3. The van der Waals surface area contributed by atoms with Crippen molar-refractivity contribution < 1.29 is 9.53 Å². The molecule has 1 amide bonds. The molecule has 2 aromatic carbocycles. The molecule has 0 spiro atoms. The van der Waals surface area contributed by atoms with Gasteiger partial charge in [0, 0.05) is 62.3 Å². The van der Waals surface area contributed by atoms with Gasteiger partial charge in [-0.25, -0.2) is 14.6 Å². The highest BCUT2D eigenvalue weighted by atomic mass is 16.5. The molecule has 2 aromatic heterocycles. The number of fused-ring (bicyclic) bond motifs is 1. The Hall–Kier alpha value is -4.28. The normalized spacial score (nSPS) is 14.3. The number of rotatable bonds is 10. The molecule has 0 aliphatic carbocycles. The van der Waals surface area contributed by atoms with Crippen molar-refractivity contribution in [2.24, 2.45) is 0 Å². The lowest BCUT2D eigenvalue weighted by Gasteiger charge is -2.32. The molecule has 0 bridgehead atoms. The summed E-state index contributed by atoms with van der Waals surface area (Å²) in [5, 5.41) is 11.3. The van der Waals surface area contributed by atoms with E-state index in [4.69, 9.17) is 4.74 Å². The number of amides is 1. The Morgan fingerprint density at radius 2 is 2.00 bits per heavy atom. The molecule has 0 unspecified atom stereocenters. The van der Waals surface area contributed by atoms with Crippen LogP contribution >= 0.6 is 0 Å². The minimum atomic E-state index is -0.315. The summed E-state index contributed by atoms with van der Waals surface area (Å²) in [6, 6.07) is 13.4. The maximum absolute atomic E-state index is 12.2. The number of carbonyl (C=O) groups is 1. The molecule has 1 fully saturated rings. The number of nitrogens with one attached hydrogen (secondary N) is 2. The minimum Gasteiger partial charge on any atom is -0.491 e. The van der Waals surface area contributed by atoms with Crippen LogP contribution in [-0.2, 0) is 4.79 Å². The van der Waals surface area contributed by atoms with E-state index in [-0.39, 0.29) is 5.91 Å². The molecule has 196 valence electrons. The molecule has 0 atom stereocenters. The van der Waals surface area contributed by atoms with Crippen LogP contribution in [0.4, 0.5) is 17.2 Å². The molecule has 1 saturated heterocycles. The van der Waals surface area contributed by atoms with Crippen LogP contribution in [0.2, 0.25) is 0 Å². The number of aromatic nitrogens is 4. The highest BCUT2D eigenvalue weighted by Crippen LogP contribution is 2.33. The van der Waals surface area contributed by atoms with Gasteiger partial charge in [0.1, 0.15) is 17.9 Å². The summed E-state index contributed by atoms with van der Waals surface area (Å²) in [5.74, 6) is 0.865. The number of carbonyl (C=O) groups excluding carboxylic acids is 1. The molecule has 2 N–H and O–H groups in total. The summed E-state index contributed by atoms with van der Waals surface area (Å²) in [6.07, 6.45) is 7.27. The summed E-state index contributed by atoms with van der Waals surface area (Å²) < 4.78 is 7.93. The number of hydrogen-bond acceptors (Lipinski definition) is 8. The highest BCUT2D eigenvalue weighted by molar-refractivity contribution is 6.03. The lowest BCUT2D eigenvalue weighted by atomic mass is 10.1. The highest BCUT2D eigenvalue weighted by Gasteiger charge is 2.15. The van der Waals surface area contributed by atoms with Gasteiger partial charge >= 0.3 is 0 Å². The van der Waals surface area contributed by atoms with Gasteiger partial charge in [0.25, 0.3) is 0 Å². The van der Waals surface area contributed by atoms with E-state index in [1.165, 1.54) is 12.4 Å². The van der Waals surface area contributed by atoms with Crippen LogP contribution in [0.15, 0.2) is 73.8 Å². The number of hydrogen-bond donors (Lipinski definition) is 2. The van der Waals surface area contributed by atoms with Gasteiger partial charge in [-0.2, -0.15) is 5.10 Å². The summed E-state index contributed by atoms with van der Waals surface area (Å²) in [6.45, 7) is 9.42. The summed E-state index contributed by atoms with van der Waals surface area (Å²) >= 11 is 0. The molecule has 0 radical (unpaired) electrons. The Morgan fingerprint density at radius 3 is 2.79 bits per heavy atom. The van der Waals surface area contributed by atoms with Gasteiger partial charge in [0.2, 0.25) is 5.91 Å². The van der Waals surface area contributed by atoms with Gasteiger partial charge in [0.15, 0.2) is 0 Å². The first-order valence-electron chi connectivity index (χ1n) is 12.7. The lowest BCUT2D eigenvalue weighted by molar-refractivity contribution is -0.111. The van der Waals surface area contributed by atoms with E-state index in [1.54, 1.807) is 10.9 Å². The fourth-order valence-electron chi connectivity index (χ4n) is 4.41. The first-order valence-corrected chi connectivity index (χ1v) is 12.7. The van der Waals surface area contributed by atoms with Gasteiger partial charge in [-0.1, -0.05) is 12.6 Å². The molecule has 1 aliphatic rings. The van der Waals surface area contributed by atoms with Crippen LogP contribution in [0.5, 0.6) is 5.75 Å². The maximum atomic E-state index is 12.2. The van der Waals surface area contributed by atoms with E-state index in [9.17, 15) is 4.79 Å². The second kappa shape index (κ2) is 11.8. The first-order chi connectivity index (χ1) is 18.6. The van der Waals surface area contributed by atoms with Crippen molar-refractivity contribution in [2.45, 2.75) is 6.42 Å². The number of ether oxygens (including phenoxy) is 1. The Morgan fingerprint density at radius 1 is 1.13 bits per heavy atom. The Labute approximate surface area is 221 Å². The van der Waals surface area contributed by atoms with E-state index >= 15 is 0 Å². The molecule has 3 heterocycles. The van der Waals surface area contributed by atoms with Gasteiger partial charge in [-0.15, -0.1) is 0 Å². The third-order valence-corrected chi connectivity index (χ3v) is 6.53. The van der Waals surface area contributed by atoms with E-state index in [2.05, 4.69) is 49.1 Å². The second-order valence-corrected chi connectivity index (χ2v) is 9.25. The van der Waals surface area contributed by atoms with Crippen LogP contribution in [0.1, 0.15) is 6.42 Å². The third-order valence-electron chi connectivity index (χ3n) is 6.53. The zero-order valence-electron chi connectivity index (χ0n) is 21.5. The van der Waals surface area contributed by atoms with Gasteiger partial charge in [-0.05, 0) is 49.9 Å². The fourth-order valence-corrected chi connectivity index (χ4v) is 4.41. The molecular formula is C28H32N8O2. The molecule has 0 saturated carbocycles. The summed E-state index contributed by atoms with van der Waals surface area (Å²) in [7, 11) is 2.15. The van der Waals surface area contributed by atoms with Crippen molar-refractivity contribution in [2.75, 3.05) is 57.0 Å². The molecule has 10 heteroatoms. The minimum absolute atomic E-state index is 0.315. The molecule has 1 aliphatic heterocycles. The second-order valence-electron chi connectivity index (χ2n) is 9.25. The van der Waals surface area contributed by atoms with Crippen LogP contribution < -0.4 is 15.4 Å². The quantitative estimate of drug-likeness (QED) is 0.245. The fraction of sp³-hybridized carbons (Fsp3) is 0.286. The Bertz CT molecular complexity index is 1400. The van der Waals surface area contributed by atoms with Crippen LogP contribution in [-0.4, -0.2) is 81.8 Å². The predicted octanol–water partition coefficient (Wildman–Crippen LogP) is 3.70. The van der Waals surface area contributed by atoms with Crippen molar-refractivity contribution >= 4 is 34.0 Å². The zero-order valence-corrected chi connectivity index (χ0v) is 21.5. The first kappa shape index (κ1) is 25.4. The lowest BCUT2D eigenvalue weighted by Crippen LogP contribution is -2.44. The molecule has 10 nitrogen and oxygen atoms in total. The largest absolute Gasteiger partial charge is 0.491 e. The van der Waals surface area contributed by atoms with Crippen molar-refractivity contribution in [1.82, 2.24) is 29.5 Å². The molecule has 5 rings (SSSR count). The SMILES string of the molecule is C=CC(=O)Nc1cc2c(Nc3cccc(-n4cccn4)c3)ncnc2cc1OCCCN1CCN(C)CC1. The number of likely N-dealkylation sites (N-methyl/N-ethyl adjacent to an activating group) is 1. The number of piperazine rings is 1. The van der Waals surface area contributed by atoms with Crippen LogP contribution in [0.3, 0.4) is 0 Å². The van der Waals surface area contributed by atoms with E-state index < -0.39 is 0 Å². The van der Waals surface area contributed by atoms with E-state index in [1.807, 2.05) is 48.7 Å². The number of anilines is 3. The maximum Gasteiger partial charge on any atom is 0.247 e. The predicted molar refractivity (Wildman–Crippen MR) is 149 cm³/mol. The van der Waals surface area contributed by atoms with Gasteiger partial charge in [0.05, 0.1) is 23.5 Å². The van der Waals surface area contributed by atoms with Crippen LogP contribution in [0, 0.1) is 0 Å². The molecular weight excluding hydrogens is 480 g/mol. The van der Waals surface area contributed by atoms with Crippen LogP contribution in [0.25, 0.3) is 16.6 Å². The van der Waals surface area contributed by atoms with Gasteiger partial charge < -0.3 is 25.2 Å². The standard InChI is InChI=1S/C28H32N8O2/c1-3-27(37)33-25-18-23-24(19-26(25)38-16-6-10-35-14-12-34(2)13-15-35)29-20-30-28(23)32-21-7-4-8-22(17-21)36-11-5-9-31-36/h3-5,7-9,11,17-20H,1,6,10,12-16H2,2H3,(H,33,37)(H,29,30,32). The van der Waals surface area contributed by atoms with Crippen molar-refractivity contribution in [3.05, 3.63) is 73.8 Å². The smallest absolute Gasteiger partial charge is 0.247 e. The number of benzene rings is 2. The van der Waals surface area contributed by atoms with Gasteiger partial charge in [-0.3, -0.25) is 4.79 Å². The molecule has 38 heavy (non-hydrogen) atoms. The topological polar surface area (TPSA) is 100 Å². The summed E-state index contributed by atoms with van der Waals surface area (Å²) in [5.41, 5.74) is 3.02. The van der Waals surface area contributed by atoms with Crippen molar-refractivity contribution in [3.8, 4) is 11.4 Å². The third kappa shape index (κ3) is 6.16. The number of nitrogens with zero attached hydrogens (tertiary/aromatic N) is 6. The average Bonchev–Trinajstić information content (AvgIpc) is 3.48. The average molecular weight is 513 g/mol. The monoisotopic (exact) mass is 512 g/mol. The molecule has 4 aromatic rings. The Balaban J connectivity index is 1.35. The van der Waals surface area contributed by atoms with Crippen molar-refractivity contribution in [3.63, 3.8) is 0 Å². The summed E-state index contributed by atoms with van der Waals surface area (Å²) in [4.78, 5) is 25.9. The van der Waals surface area contributed by atoms with Crippen molar-refractivity contribution in [1.29, 1.82) is 0 Å². The van der Waals surface area contributed by atoms with E-state index in [0.717, 1.165) is 55.9 Å². The Kier molecular flexibility index (Phi) is 7.91. The van der Waals surface area contributed by atoms with E-state index in [0.29, 0.717) is 29.4 Å².